The lowest BCUT2D eigenvalue weighted by Gasteiger charge is -2.40. The first-order chi connectivity index (χ1) is 16.1. The molecule has 1 aromatic carbocycles. The van der Waals surface area contributed by atoms with E-state index in [-0.39, 0.29) is 24.4 Å². The van der Waals surface area contributed by atoms with Gasteiger partial charge in [-0.1, -0.05) is 42.0 Å². The lowest BCUT2D eigenvalue weighted by molar-refractivity contribution is -0.136. The molecule has 1 unspecified atom stereocenters. The number of hydrogen-bond donors (Lipinski definition) is 0. The van der Waals surface area contributed by atoms with Crippen molar-refractivity contribution >= 4 is 11.8 Å². The Hall–Kier alpha value is -2.89. The zero-order chi connectivity index (χ0) is 23.0. The minimum atomic E-state index is 0.0716. The van der Waals surface area contributed by atoms with Gasteiger partial charge in [-0.15, -0.1) is 0 Å². The summed E-state index contributed by atoms with van der Waals surface area (Å²) in [5.74, 6) is 0.710. The Morgan fingerprint density at radius 3 is 2.58 bits per heavy atom. The molecule has 1 atom stereocenters. The van der Waals surface area contributed by atoms with E-state index in [1.54, 1.807) is 10.9 Å². The first-order valence-electron chi connectivity index (χ1n) is 12.3. The molecule has 0 radical (unpaired) electrons. The Labute approximate surface area is 197 Å². The minimum Gasteiger partial charge on any atom is -0.342 e. The van der Waals surface area contributed by atoms with Gasteiger partial charge < -0.3 is 9.80 Å². The lowest BCUT2D eigenvalue weighted by atomic mass is 9.84. The Morgan fingerprint density at radius 2 is 1.91 bits per heavy atom. The molecule has 1 fully saturated rings. The zero-order valence-corrected chi connectivity index (χ0v) is 19.7. The van der Waals surface area contributed by atoms with Gasteiger partial charge in [0.1, 0.15) is 6.54 Å². The first-order valence-corrected chi connectivity index (χ1v) is 12.3. The number of likely N-dealkylation sites (N-methyl/N-ethyl adjacent to an activating group) is 1. The summed E-state index contributed by atoms with van der Waals surface area (Å²) in [5, 5.41) is 4.19. The molecule has 1 saturated heterocycles. The van der Waals surface area contributed by atoms with Crippen LogP contribution in [-0.4, -0.2) is 57.6 Å². The van der Waals surface area contributed by atoms with Gasteiger partial charge in [0, 0.05) is 45.0 Å². The van der Waals surface area contributed by atoms with E-state index < -0.39 is 0 Å². The Bertz CT molecular complexity index is 930. The van der Waals surface area contributed by atoms with Crippen molar-refractivity contribution in [2.24, 2.45) is 5.92 Å². The molecule has 0 spiro atoms. The summed E-state index contributed by atoms with van der Waals surface area (Å²) >= 11 is 0. The maximum absolute atomic E-state index is 13.1. The Balaban J connectivity index is 1.39. The molecule has 0 saturated carbocycles. The summed E-state index contributed by atoms with van der Waals surface area (Å²) in [6.45, 7) is 1.81. The van der Waals surface area contributed by atoms with Crippen molar-refractivity contribution in [2.45, 2.75) is 64.0 Å². The number of allylic oxidation sites excluding steroid dienone is 1. The SMILES string of the molecule is CN(C(=O)Cn1cccn1)C(Cc1ccccc1)C1CCN(C(=O)CC2=CCCCC2)CC1. The molecule has 0 bridgehead atoms. The number of carbonyl (C=O) groups is 2. The van der Waals surface area contributed by atoms with Gasteiger partial charge in [-0.25, -0.2) is 0 Å². The molecule has 4 rings (SSSR count). The van der Waals surface area contributed by atoms with Crippen LogP contribution in [-0.2, 0) is 22.6 Å². The van der Waals surface area contributed by atoms with Crippen molar-refractivity contribution in [1.29, 1.82) is 0 Å². The molecule has 6 heteroatoms. The van der Waals surface area contributed by atoms with Gasteiger partial charge in [-0.05, 0) is 62.5 Å². The second-order valence-corrected chi connectivity index (χ2v) is 9.47. The highest BCUT2D eigenvalue weighted by Crippen LogP contribution is 2.28. The first kappa shape index (κ1) is 23.3. The van der Waals surface area contributed by atoms with Gasteiger partial charge in [-0.2, -0.15) is 5.10 Å². The van der Waals surface area contributed by atoms with E-state index in [1.165, 1.54) is 24.0 Å². The summed E-state index contributed by atoms with van der Waals surface area (Å²) in [5.41, 5.74) is 2.56. The third kappa shape index (κ3) is 6.34. The number of rotatable bonds is 8. The predicted molar refractivity (Wildman–Crippen MR) is 129 cm³/mol. The number of carbonyl (C=O) groups excluding carboxylic acids is 2. The fraction of sp³-hybridized carbons (Fsp3) is 0.519. The monoisotopic (exact) mass is 448 g/mol. The molecule has 2 amide bonds. The smallest absolute Gasteiger partial charge is 0.244 e. The largest absolute Gasteiger partial charge is 0.342 e. The lowest BCUT2D eigenvalue weighted by Crippen LogP contribution is -2.49. The molecule has 6 nitrogen and oxygen atoms in total. The number of amides is 2. The number of aromatic nitrogens is 2. The van der Waals surface area contributed by atoms with E-state index in [2.05, 4.69) is 35.4 Å². The quantitative estimate of drug-likeness (QED) is 0.572. The van der Waals surface area contributed by atoms with Crippen LogP contribution in [0.5, 0.6) is 0 Å². The van der Waals surface area contributed by atoms with Crippen LogP contribution in [0.25, 0.3) is 0 Å². The fourth-order valence-electron chi connectivity index (χ4n) is 5.21. The molecule has 1 aromatic heterocycles. The third-order valence-electron chi connectivity index (χ3n) is 7.23. The summed E-state index contributed by atoms with van der Waals surface area (Å²) in [4.78, 5) is 29.9. The Kier molecular flexibility index (Phi) is 7.97. The van der Waals surface area contributed by atoms with E-state index in [4.69, 9.17) is 0 Å². The average molecular weight is 449 g/mol. The third-order valence-corrected chi connectivity index (χ3v) is 7.23. The number of hydrogen-bond acceptors (Lipinski definition) is 3. The fourth-order valence-corrected chi connectivity index (χ4v) is 5.21. The maximum atomic E-state index is 13.1. The molecule has 1 aliphatic heterocycles. The van der Waals surface area contributed by atoms with Crippen molar-refractivity contribution in [3.8, 4) is 0 Å². The number of nitrogens with zero attached hydrogens (tertiary/aromatic N) is 4. The van der Waals surface area contributed by atoms with Crippen LogP contribution in [0, 0.1) is 5.92 Å². The highest BCUT2D eigenvalue weighted by Gasteiger charge is 2.33. The molecule has 2 aromatic rings. The van der Waals surface area contributed by atoms with Gasteiger partial charge >= 0.3 is 0 Å². The Morgan fingerprint density at radius 1 is 1.12 bits per heavy atom. The topological polar surface area (TPSA) is 58.4 Å². The average Bonchev–Trinajstić information content (AvgIpc) is 3.36. The summed E-state index contributed by atoms with van der Waals surface area (Å²) in [7, 11) is 1.92. The zero-order valence-electron chi connectivity index (χ0n) is 19.7. The highest BCUT2D eigenvalue weighted by molar-refractivity contribution is 5.79. The van der Waals surface area contributed by atoms with Gasteiger partial charge in [0.2, 0.25) is 11.8 Å². The van der Waals surface area contributed by atoms with Crippen LogP contribution in [0.3, 0.4) is 0 Å². The molecule has 1 aliphatic carbocycles. The van der Waals surface area contributed by atoms with Crippen molar-refractivity contribution in [1.82, 2.24) is 19.6 Å². The van der Waals surface area contributed by atoms with Gasteiger partial charge in [0.05, 0.1) is 0 Å². The summed E-state index contributed by atoms with van der Waals surface area (Å²) in [6.07, 6.45) is 13.7. The number of benzene rings is 1. The molecular weight excluding hydrogens is 412 g/mol. The maximum Gasteiger partial charge on any atom is 0.244 e. The molecule has 2 aliphatic rings. The van der Waals surface area contributed by atoms with Crippen LogP contribution in [0.2, 0.25) is 0 Å². The highest BCUT2D eigenvalue weighted by atomic mass is 16.2. The van der Waals surface area contributed by atoms with Crippen LogP contribution >= 0.6 is 0 Å². The molecule has 176 valence electrons. The van der Waals surface area contributed by atoms with Gasteiger partial charge in [0.15, 0.2) is 0 Å². The predicted octanol–water partition coefficient (Wildman–Crippen LogP) is 4.08. The van der Waals surface area contributed by atoms with Crippen molar-refractivity contribution in [3.05, 3.63) is 66.0 Å². The van der Waals surface area contributed by atoms with Gasteiger partial charge in [0.25, 0.3) is 0 Å². The van der Waals surface area contributed by atoms with Crippen molar-refractivity contribution < 1.29 is 9.59 Å². The molecule has 0 N–H and O–H groups in total. The molecule has 2 heterocycles. The van der Waals surface area contributed by atoms with Crippen LogP contribution in [0.4, 0.5) is 0 Å². The van der Waals surface area contributed by atoms with Crippen molar-refractivity contribution in [2.75, 3.05) is 20.1 Å². The van der Waals surface area contributed by atoms with Crippen LogP contribution in [0.1, 0.15) is 50.5 Å². The standard InChI is InChI=1S/C27H36N4O2/c1-29(27(33)21-31-16-8-15-28-31)25(19-22-9-4-2-5-10-22)24-13-17-30(18-14-24)26(32)20-23-11-6-3-7-12-23/h2,4-5,8-11,15-16,24-25H,3,6-7,12-14,17-21H2,1H3. The second-order valence-electron chi connectivity index (χ2n) is 9.47. The number of piperidine rings is 1. The second kappa shape index (κ2) is 11.3. The van der Waals surface area contributed by atoms with E-state index in [0.29, 0.717) is 12.3 Å². The van der Waals surface area contributed by atoms with Crippen LogP contribution in [0.15, 0.2) is 60.4 Å². The normalized spacial score (nSPS) is 18.0. The van der Waals surface area contributed by atoms with E-state index >= 15 is 0 Å². The number of likely N-dealkylation sites (tertiary alicyclic amines) is 1. The van der Waals surface area contributed by atoms with E-state index in [0.717, 1.165) is 45.2 Å². The molecule has 33 heavy (non-hydrogen) atoms. The van der Waals surface area contributed by atoms with Crippen LogP contribution < -0.4 is 0 Å². The molecular formula is C27H36N4O2. The van der Waals surface area contributed by atoms with Crippen molar-refractivity contribution in [3.63, 3.8) is 0 Å². The van der Waals surface area contributed by atoms with E-state index in [1.807, 2.05) is 35.2 Å². The van der Waals surface area contributed by atoms with Gasteiger partial charge in [-0.3, -0.25) is 14.3 Å². The summed E-state index contributed by atoms with van der Waals surface area (Å²) in [6, 6.07) is 12.3. The van der Waals surface area contributed by atoms with E-state index in [9.17, 15) is 9.59 Å². The summed E-state index contributed by atoms with van der Waals surface area (Å²) < 4.78 is 1.68. The minimum absolute atomic E-state index is 0.0716.